The van der Waals surface area contributed by atoms with Crippen molar-refractivity contribution in [3.8, 4) is 0 Å². The molecule has 0 saturated carbocycles. The maximum absolute atomic E-state index is 11.9. The van der Waals surface area contributed by atoms with Crippen LogP contribution in [0.5, 0.6) is 0 Å². The van der Waals surface area contributed by atoms with Gasteiger partial charge < -0.3 is 9.84 Å². The van der Waals surface area contributed by atoms with Gasteiger partial charge in [0.1, 0.15) is 11.8 Å². The summed E-state index contributed by atoms with van der Waals surface area (Å²) < 4.78 is 5.48. The van der Waals surface area contributed by atoms with Crippen molar-refractivity contribution in [2.45, 2.75) is 43.6 Å². The molecule has 0 unspecified atom stereocenters. The fraction of sp³-hybridized carbons (Fsp3) is 0.500. The van der Waals surface area contributed by atoms with E-state index in [9.17, 15) is 9.90 Å². The average molecular weight is 247 g/mol. The van der Waals surface area contributed by atoms with Crippen molar-refractivity contribution in [3.63, 3.8) is 0 Å². The van der Waals surface area contributed by atoms with Crippen molar-refractivity contribution < 1.29 is 14.6 Å². The van der Waals surface area contributed by atoms with E-state index in [2.05, 4.69) is 5.32 Å². The highest BCUT2D eigenvalue weighted by Gasteiger charge is 2.45. The van der Waals surface area contributed by atoms with E-state index in [1.165, 1.54) is 0 Å². The van der Waals surface area contributed by atoms with Gasteiger partial charge in [-0.3, -0.25) is 5.32 Å². The smallest absolute Gasteiger partial charge is 0.338 e. The fourth-order valence-electron chi connectivity index (χ4n) is 2.94. The molecule has 0 spiro atoms. The van der Waals surface area contributed by atoms with Crippen LogP contribution in [0.4, 0.5) is 0 Å². The van der Waals surface area contributed by atoms with Crippen LogP contribution in [0.1, 0.15) is 36.0 Å². The summed E-state index contributed by atoms with van der Waals surface area (Å²) in [7, 11) is 0. The van der Waals surface area contributed by atoms with Crippen molar-refractivity contribution in [2.24, 2.45) is 0 Å². The first-order chi connectivity index (χ1) is 8.65. The van der Waals surface area contributed by atoms with E-state index in [-0.39, 0.29) is 18.1 Å². The van der Waals surface area contributed by atoms with Crippen LogP contribution in [0.15, 0.2) is 30.3 Å². The number of fused-ring (bicyclic) bond motifs is 2. The first kappa shape index (κ1) is 11.7. The Kier molecular flexibility index (Phi) is 2.84. The van der Waals surface area contributed by atoms with Crippen LogP contribution < -0.4 is 5.32 Å². The van der Waals surface area contributed by atoms with Crippen LogP contribution in [-0.2, 0) is 4.74 Å². The van der Waals surface area contributed by atoms with Gasteiger partial charge in [0.2, 0.25) is 0 Å². The molecule has 2 heterocycles. The molecule has 3 rings (SSSR count). The van der Waals surface area contributed by atoms with Crippen LogP contribution in [0.3, 0.4) is 0 Å². The lowest BCUT2D eigenvalue weighted by atomic mass is 9.99. The third-order valence-electron chi connectivity index (χ3n) is 3.78. The molecule has 96 valence electrons. The molecule has 2 N–H and O–H groups in total. The fourth-order valence-corrected chi connectivity index (χ4v) is 2.94. The summed E-state index contributed by atoms with van der Waals surface area (Å²) in [5.74, 6) is -0.300. The summed E-state index contributed by atoms with van der Waals surface area (Å²) in [6, 6.07) is 9.26. The lowest BCUT2D eigenvalue weighted by molar-refractivity contribution is -0.0584. The third-order valence-corrected chi connectivity index (χ3v) is 3.78. The molecule has 4 nitrogen and oxygen atoms in total. The van der Waals surface area contributed by atoms with Gasteiger partial charge >= 0.3 is 5.97 Å². The first-order valence-electron chi connectivity index (χ1n) is 6.41. The zero-order valence-corrected chi connectivity index (χ0v) is 10.1. The van der Waals surface area contributed by atoms with Gasteiger partial charge in [-0.15, -0.1) is 0 Å². The summed E-state index contributed by atoms with van der Waals surface area (Å²) in [6.07, 6.45) is 2.80. The van der Waals surface area contributed by atoms with Crippen molar-refractivity contribution in [1.29, 1.82) is 0 Å². The standard InChI is InChI=1S/C14H17NO3/c16-13(10-4-2-1-3-5-10)18-12-8-11-6-7-14(17,9-12)15-11/h1-5,11-12,15,17H,6-9H2/t11-,12-,14-/m0/s1. The van der Waals surface area contributed by atoms with E-state index in [1.807, 2.05) is 18.2 Å². The molecule has 2 saturated heterocycles. The molecule has 1 aromatic rings. The monoisotopic (exact) mass is 247 g/mol. The third kappa shape index (κ3) is 2.26. The Balaban J connectivity index is 1.66. The van der Waals surface area contributed by atoms with Gasteiger partial charge in [-0.2, -0.15) is 0 Å². The molecule has 3 atom stereocenters. The van der Waals surface area contributed by atoms with Gasteiger partial charge in [0.15, 0.2) is 0 Å². The molecule has 0 aliphatic carbocycles. The lowest BCUT2D eigenvalue weighted by Crippen LogP contribution is -2.51. The van der Waals surface area contributed by atoms with Crippen molar-refractivity contribution in [1.82, 2.24) is 5.32 Å². The highest BCUT2D eigenvalue weighted by atomic mass is 16.5. The SMILES string of the molecule is O=C(O[C@H]1C[C@@H]2CC[C@](O)(C1)N2)c1ccccc1. The number of ether oxygens (including phenoxy) is 1. The van der Waals surface area contributed by atoms with Gasteiger partial charge in [0, 0.05) is 12.5 Å². The number of piperidine rings is 1. The molecule has 18 heavy (non-hydrogen) atoms. The molecule has 1 aromatic carbocycles. The molecule has 2 fully saturated rings. The molecule has 0 aromatic heterocycles. The number of esters is 1. The van der Waals surface area contributed by atoms with E-state index < -0.39 is 5.72 Å². The molecule has 2 aliphatic rings. The minimum absolute atomic E-state index is 0.184. The predicted octanol–water partition coefficient (Wildman–Crippen LogP) is 1.45. The number of rotatable bonds is 2. The highest BCUT2D eigenvalue weighted by Crippen LogP contribution is 2.35. The second kappa shape index (κ2) is 4.37. The summed E-state index contributed by atoms with van der Waals surface area (Å²) in [5.41, 5.74) is -0.264. The van der Waals surface area contributed by atoms with Crippen LogP contribution in [0, 0.1) is 0 Å². The molecule has 2 aliphatic heterocycles. The average Bonchev–Trinajstić information content (AvgIpc) is 2.64. The summed E-state index contributed by atoms with van der Waals surface area (Å²) >= 11 is 0. The van der Waals surface area contributed by atoms with Crippen molar-refractivity contribution in [3.05, 3.63) is 35.9 Å². The number of aliphatic hydroxyl groups is 1. The topological polar surface area (TPSA) is 58.6 Å². The number of hydrogen-bond donors (Lipinski definition) is 2. The van der Waals surface area contributed by atoms with Gasteiger partial charge in [-0.05, 0) is 31.4 Å². The van der Waals surface area contributed by atoms with Crippen LogP contribution in [0.25, 0.3) is 0 Å². The lowest BCUT2D eigenvalue weighted by Gasteiger charge is -2.34. The maximum Gasteiger partial charge on any atom is 0.338 e. The largest absolute Gasteiger partial charge is 0.459 e. The first-order valence-corrected chi connectivity index (χ1v) is 6.41. The second-order valence-corrected chi connectivity index (χ2v) is 5.24. The minimum Gasteiger partial charge on any atom is -0.459 e. The molecule has 0 amide bonds. The Labute approximate surface area is 106 Å². The van der Waals surface area contributed by atoms with E-state index in [4.69, 9.17) is 4.74 Å². The summed E-state index contributed by atoms with van der Waals surface area (Å²) in [6.45, 7) is 0. The number of nitrogens with one attached hydrogen (secondary N) is 1. The van der Waals surface area contributed by atoms with Gasteiger partial charge in [-0.25, -0.2) is 4.79 Å². The Bertz CT molecular complexity index is 448. The summed E-state index contributed by atoms with van der Waals surface area (Å²) in [5, 5.41) is 13.3. The van der Waals surface area contributed by atoms with E-state index in [0.717, 1.165) is 19.3 Å². The number of benzene rings is 1. The zero-order chi connectivity index (χ0) is 12.6. The number of carbonyl (C=O) groups excluding carboxylic acids is 1. The van der Waals surface area contributed by atoms with E-state index in [0.29, 0.717) is 12.0 Å². The molecule has 2 bridgehead atoms. The Morgan fingerprint density at radius 1 is 1.39 bits per heavy atom. The van der Waals surface area contributed by atoms with Crippen LogP contribution in [0.2, 0.25) is 0 Å². The van der Waals surface area contributed by atoms with E-state index >= 15 is 0 Å². The predicted molar refractivity (Wildman–Crippen MR) is 66.0 cm³/mol. The van der Waals surface area contributed by atoms with Crippen molar-refractivity contribution >= 4 is 5.97 Å². The Hall–Kier alpha value is -1.39. The van der Waals surface area contributed by atoms with E-state index in [1.54, 1.807) is 12.1 Å². The minimum atomic E-state index is -0.829. The Morgan fingerprint density at radius 2 is 2.17 bits per heavy atom. The number of hydrogen-bond acceptors (Lipinski definition) is 4. The van der Waals surface area contributed by atoms with Crippen LogP contribution >= 0.6 is 0 Å². The molecular weight excluding hydrogens is 230 g/mol. The molecule has 4 heteroatoms. The maximum atomic E-state index is 11.9. The Morgan fingerprint density at radius 3 is 2.89 bits per heavy atom. The van der Waals surface area contributed by atoms with Crippen molar-refractivity contribution in [2.75, 3.05) is 0 Å². The normalized spacial score (nSPS) is 34.3. The highest BCUT2D eigenvalue weighted by molar-refractivity contribution is 5.89. The molecule has 0 radical (unpaired) electrons. The molecular formula is C14H17NO3. The van der Waals surface area contributed by atoms with Gasteiger partial charge in [0.25, 0.3) is 0 Å². The quantitative estimate of drug-likeness (QED) is 0.777. The van der Waals surface area contributed by atoms with Crippen LogP contribution in [-0.4, -0.2) is 28.9 Å². The number of carbonyl (C=O) groups is 1. The van der Waals surface area contributed by atoms with Gasteiger partial charge in [-0.1, -0.05) is 18.2 Å². The second-order valence-electron chi connectivity index (χ2n) is 5.24. The van der Waals surface area contributed by atoms with Gasteiger partial charge in [0.05, 0.1) is 5.56 Å². The summed E-state index contributed by atoms with van der Waals surface area (Å²) in [4.78, 5) is 11.9. The zero-order valence-electron chi connectivity index (χ0n) is 10.1.